The number of nitrogens with zero attached hydrogens (tertiary/aromatic N) is 2. The van der Waals surface area contributed by atoms with Crippen LogP contribution in [0, 0.1) is 0 Å². The van der Waals surface area contributed by atoms with Crippen LogP contribution in [0.3, 0.4) is 0 Å². The third kappa shape index (κ3) is 3.62. The average Bonchev–Trinajstić information content (AvgIpc) is 2.71. The van der Waals surface area contributed by atoms with E-state index in [0.717, 1.165) is 11.3 Å². The van der Waals surface area contributed by atoms with Crippen molar-refractivity contribution in [2.75, 3.05) is 6.54 Å². The Morgan fingerprint density at radius 1 is 1.22 bits per heavy atom. The highest BCUT2D eigenvalue weighted by atomic mass is 16.5. The van der Waals surface area contributed by atoms with Crippen LogP contribution in [0.5, 0.6) is 5.75 Å². The second-order valence-electron chi connectivity index (χ2n) is 5.79. The van der Waals surface area contributed by atoms with Crippen LogP contribution in [0.15, 0.2) is 53.5 Å². The van der Waals surface area contributed by atoms with Crippen molar-refractivity contribution in [1.29, 1.82) is 0 Å². The Balaban J connectivity index is 1.70. The van der Waals surface area contributed by atoms with Gasteiger partial charge >= 0.3 is 0 Å². The fourth-order valence-corrected chi connectivity index (χ4v) is 2.79. The van der Waals surface area contributed by atoms with Gasteiger partial charge in [-0.05, 0) is 19.1 Å². The molecule has 5 heteroatoms. The standard InChI is InChI=1S/C18H20N2O3/c1-14-12-20(13-15-6-2-3-7-16(15)23-14)18(22)9-11-19-10-5-4-8-17(19)21/h2-8,10,14H,9,11-13H2,1H3. The topological polar surface area (TPSA) is 51.5 Å². The molecule has 1 atom stereocenters. The predicted octanol–water partition coefficient (Wildman–Crippen LogP) is 2.05. The van der Waals surface area contributed by atoms with Gasteiger partial charge in [0.15, 0.2) is 0 Å². The van der Waals surface area contributed by atoms with Gasteiger partial charge in [-0.1, -0.05) is 24.3 Å². The molecule has 0 saturated carbocycles. The highest BCUT2D eigenvalue weighted by molar-refractivity contribution is 5.76. The Kier molecular flexibility index (Phi) is 4.46. The first kappa shape index (κ1) is 15.3. The molecule has 1 unspecified atom stereocenters. The van der Waals surface area contributed by atoms with Crippen molar-refractivity contribution >= 4 is 5.91 Å². The third-order valence-electron chi connectivity index (χ3n) is 3.96. The van der Waals surface area contributed by atoms with E-state index in [2.05, 4.69) is 0 Å². The molecule has 1 aromatic heterocycles. The van der Waals surface area contributed by atoms with Crippen LogP contribution in [-0.4, -0.2) is 28.0 Å². The van der Waals surface area contributed by atoms with Gasteiger partial charge in [-0.3, -0.25) is 9.59 Å². The highest BCUT2D eigenvalue weighted by Crippen LogP contribution is 2.24. The number of para-hydroxylation sites is 1. The smallest absolute Gasteiger partial charge is 0.250 e. The molecule has 23 heavy (non-hydrogen) atoms. The molecule has 0 radical (unpaired) electrons. The third-order valence-corrected chi connectivity index (χ3v) is 3.96. The number of amides is 1. The Bertz CT molecular complexity index is 754. The zero-order valence-electron chi connectivity index (χ0n) is 13.1. The van der Waals surface area contributed by atoms with Gasteiger partial charge in [0.05, 0.1) is 6.54 Å². The molecule has 1 aliphatic heterocycles. The molecule has 0 saturated heterocycles. The van der Waals surface area contributed by atoms with E-state index in [9.17, 15) is 9.59 Å². The summed E-state index contributed by atoms with van der Waals surface area (Å²) in [6.07, 6.45) is 1.96. The molecule has 0 fully saturated rings. The number of fused-ring (bicyclic) bond motifs is 1. The fraction of sp³-hybridized carbons (Fsp3) is 0.333. The Morgan fingerprint density at radius 3 is 2.83 bits per heavy atom. The molecule has 0 aliphatic carbocycles. The highest BCUT2D eigenvalue weighted by Gasteiger charge is 2.23. The number of carbonyl (C=O) groups is 1. The molecule has 0 spiro atoms. The second kappa shape index (κ2) is 6.69. The summed E-state index contributed by atoms with van der Waals surface area (Å²) in [6, 6.07) is 12.8. The monoisotopic (exact) mass is 312 g/mol. The number of ether oxygens (including phenoxy) is 1. The van der Waals surface area contributed by atoms with Gasteiger partial charge in [-0.15, -0.1) is 0 Å². The Hall–Kier alpha value is -2.56. The number of pyridine rings is 1. The summed E-state index contributed by atoms with van der Waals surface area (Å²) in [7, 11) is 0. The van der Waals surface area contributed by atoms with Crippen LogP contribution in [0.2, 0.25) is 0 Å². The van der Waals surface area contributed by atoms with Gasteiger partial charge < -0.3 is 14.2 Å². The van der Waals surface area contributed by atoms with E-state index in [4.69, 9.17) is 4.74 Å². The van der Waals surface area contributed by atoms with Crippen molar-refractivity contribution < 1.29 is 9.53 Å². The van der Waals surface area contributed by atoms with E-state index in [0.29, 0.717) is 26.1 Å². The van der Waals surface area contributed by atoms with E-state index in [1.165, 1.54) is 6.07 Å². The van der Waals surface area contributed by atoms with Gasteiger partial charge in [0.25, 0.3) is 5.56 Å². The van der Waals surface area contributed by atoms with Crippen molar-refractivity contribution in [2.45, 2.75) is 32.5 Å². The summed E-state index contributed by atoms with van der Waals surface area (Å²) < 4.78 is 7.43. The minimum atomic E-state index is -0.0850. The molecule has 120 valence electrons. The minimum Gasteiger partial charge on any atom is -0.489 e. The molecular weight excluding hydrogens is 292 g/mol. The van der Waals surface area contributed by atoms with E-state index in [1.54, 1.807) is 22.9 Å². The predicted molar refractivity (Wildman–Crippen MR) is 87.3 cm³/mol. The lowest BCUT2D eigenvalue weighted by atomic mass is 10.2. The first-order valence-electron chi connectivity index (χ1n) is 7.81. The van der Waals surface area contributed by atoms with Gasteiger partial charge in [0.2, 0.25) is 5.91 Å². The van der Waals surface area contributed by atoms with E-state index in [1.807, 2.05) is 36.1 Å². The zero-order valence-corrected chi connectivity index (χ0v) is 13.1. The molecule has 3 rings (SSSR count). The maximum absolute atomic E-state index is 12.5. The van der Waals surface area contributed by atoms with Gasteiger partial charge in [0, 0.05) is 37.3 Å². The number of aromatic nitrogens is 1. The first-order chi connectivity index (χ1) is 11.1. The van der Waals surface area contributed by atoms with Gasteiger partial charge in [0.1, 0.15) is 11.9 Å². The van der Waals surface area contributed by atoms with Gasteiger partial charge in [-0.25, -0.2) is 0 Å². The van der Waals surface area contributed by atoms with E-state index >= 15 is 0 Å². The summed E-state index contributed by atoms with van der Waals surface area (Å²) in [5, 5.41) is 0. The van der Waals surface area contributed by atoms with Crippen LogP contribution in [-0.2, 0) is 17.9 Å². The molecule has 2 aromatic rings. The maximum atomic E-state index is 12.5. The summed E-state index contributed by atoms with van der Waals surface area (Å²) in [6.45, 7) is 3.45. The molecule has 0 bridgehead atoms. The molecule has 0 N–H and O–H groups in total. The SMILES string of the molecule is CC1CN(C(=O)CCn2ccccc2=O)Cc2ccccc2O1. The van der Waals surface area contributed by atoms with E-state index in [-0.39, 0.29) is 17.6 Å². The second-order valence-corrected chi connectivity index (χ2v) is 5.79. The molecule has 1 aromatic carbocycles. The van der Waals surface area contributed by atoms with Crippen molar-refractivity contribution in [1.82, 2.24) is 9.47 Å². The normalized spacial score (nSPS) is 17.1. The average molecular weight is 312 g/mol. The lowest BCUT2D eigenvalue weighted by Crippen LogP contribution is -2.36. The van der Waals surface area contributed by atoms with Crippen molar-refractivity contribution in [2.24, 2.45) is 0 Å². The lowest BCUT2D eigenvalue weighted by molar-refractivity contribution is -0.132. The summed E-state index contributed by atoms with van der Waals surface area (Å²) >= 11 is 0. The van der Waals surface area contributed by atoms with Crippen LogP contribution < -0.4 is 10.3 Å². The van der Waals surface area contributed by atoms with Crippen LogP contribution in [0.1, 0.15) is 18.9 Å². The van der Waals surface area contributed by atoms with Crippen LogP contribution in [0.4, 0.5) is 0 Å². The molecule has 1 amide bonds. The molecule has 5 nitrogen and oxygen atoms in total. The van der Waals surface area contributed by atoms with Crippen molar-refractivity contribution in [3.63, 3.8) is 0 Å². The molecular formula is C18H20N2O3. The molecule has 2 heterocycles. The Labute approximate surface area is 135 Å². The van der Waals surface area contributed by atoms with Crippen LogP contribution >= 0.6 is 0 Å². The number of rotatable bonds is 3. The van der Waals surface area contributed by atoms with E-state index < -0.39 is 0 Å². The quantitative estimate of drug-likeness (QED) is 0.871. The largest absolute Gasteiger partial charge is 0.489 e. The van der Waals surface area contributed by atoms with Crippen molar-refractivity contribution in [3.8, 4) is 5.75 Å². The summed E-state index contributed by atoms with van der Waals surface area (Å²) in [5.74, 6) is 0.877. The number of hydrogen-bond donors (Lipinski definition) is 0. The molecule has 1 aliphatic rings. The van der Waals surface area contributed by atoms with Crippen LogP contribution in [0.25, 0.3) is 0 Å². The first-order valence-corrected chi connectivity index (χ1v) is 7.81. The summed E-state index contributed by atoms with van der Waals surface area (Å²) in [5.41, 5.74) is 0.931. The van der Waals surface area contributed by atoms with Gasteiger partial charge in [-0.2, -0.15) is 0 Å². The maximum Gasteiger partial charge on any atom is 0.250 e. The minimum absolute atomic E-state index is 0.0351. The summed E-state index contributed by atoms with van der Waals surface area (Å²) in [4.78, 5) is 26.1. The number of carbonyl (C=O) groups excluding carboxylic acids is 1. The fourth-order valence-electron chi connectivity index (χ4n) is 2.79. The van der Waals surface area contributed by atoms with Crippen molar-refractivity contribution in [3.05, 3.63) is 64.6 Å². The number of benzene rings is 1. The number of hydrogen-bond acceptors (Lipinski definition) is 3. The zero-order chi connectivity index (χ0) is 16.2. The Morgan fingerprint density at radius 2 is 2.00 bits per heavy atom. The number of aryl methyl sites for hydroxylation is 1. The lowest BCUT2D eigenvalue weighted by Gasteiger charge is -2.22.